The first-order valence-corrected chi connectivity index (χ1v) is 44.7. The minimum atomic E-state index is -3.88. The second-order valence-electron chi connectivity index (χ2n) is 26.8. The molecule has 4 aromatic heterocycles. The van der Waals surface area contributed by atoms with Gasteiger partial charge < -0.3 is 15.9 Å². The Morgan fingerprint density at radius 3 is 1.22 bits per heavy atom. The van der Waals surface area contributed by atoms with Crippen molar-refractivity contribution in [1.29, 1.82) is 0 Å². The van der Waals surface area contributed by atoms with E-state index in [1.54, 1.807) is 106 Å². The number of carboxylic acids is 1. The highest BCUT2D eigenvalue weighted by molar-refractivity contribution is 9.10. The number of hydrogen-bond donors (Lipinski definition) is 4. The molecular weight excluding hydrogens is 1520 g/mol. The van der Waals surface area contributed by atoms with Gasteiger partial charge in [-0.1, -0.05) is 117 Å². The summed E-state index contributed by atoms with van der Waals surface area (Å²) in [6.45, 7) is 30.0. The van der Waals surface area contributed by atoms with Crippen molar-refractivity contribution in [3.05, 3.63) is 168 Å². The molecule has 0 spiro atoms. The molecule has 0 unspecified atom stereocenters. The van der Waals surface area contributed by atoms with Gasteiger partial charge in [-0.15, -0.1) is 58.0 Å². The first-order valence-electron chi connectivity index (χ1n) is 29.4. The average Bonchev–Trinajstić information content (AvgIpc) is 0.829. The van der Waals surface area contributed by atoms with E-state index >= 15 is 0 Å². The van der Waals surface area contributed by atoms with Crippen LogP contribution in [-0.2, 0) is 93.8 Å². The van der Waals surface area contributed by atoms with Crippen LogP contribution in [0.25, 0.3) is 0 Å². The molecule has 0 saturated heterocycles. The fourth-order valence-corrected chi connectivity index (χ4v) is 20.6. The first kappa shape index (κ1) is 84.4. The summed E-state index contributed by atoms with van der Waals surface area (Å²) < 4.78 is 153. The van der Waals surface area contributed by atoms with Gasteiger partial charge in [0.05, 0.1) is 54.9 Å². The fraction of sp³-hybridized carbons (Fsp3) is 0.388. The summed E-state index contributed by atoms with van der Waals surface area (Å²) >= 11 is 13.7. The van der Waals surface area contributed by atoms with Crippen LogP contribution in [-0.4, -0.2) is 89.7 Å². The highest BCUT2D eigenvalue weighted by Crippen LogP contribution is 2.40. The molecule has 0 amide bonds. The van der Waals surface area contributed by atoms with E-state index in [2.05, 4.69) is 49.3 Å². The van der Waals surface area contributed by atoms with Crippen LogP contribution in [0.2, 0.25) is 0 Å². The summed E-state index contributed by atoms with van der Waals surface area (Å²) in [6.07, 6.45) is 2.41. The maximum absolute atomic E-state index is 13.1. The average molecular weight is 1610 g/mol. The molecule has 8 rings (SSSR count). The van der Waals surface area contributed by atoms with Gasteiger partial charge in [0.2, 0.25) is 19.7 Å². The van der Waals surface area contributed by atoms with Crippen LogP contribution in [0.5, 0.6) is 0 Å². The molecule has 0 bridgehead atoms. The summed E-state index contributed by atoms with van der Waals surface area (Å²) in [5.41, 5.74) is 7.76. The number of hydrogen-bond acceptors (Lipinski definition) is 21. The van der Waals surface area contributed by atoms with Crippen LogP contribution in [0.15, 0.2) is 182 Å². The molecule has 96 heavy (non-hydrogen) atoms. The van der Waals surface area contributed by atoms with Gasteiger partial charge in [0.15, 0.2) is 39.3 Å². The number of benzene rings is 4. The molecule has 528 valence electrons. The second-order valence-corrected chi connectivity index (χ2v) is 47.6. The molecular formula is C67H86BrNO15S12. The van der Waals surface area contributed by atoms with Crippen molar-refractivity contribution in [1.82, 2.24) is 0 Å². The number of carboxylic acid groups (broad SMARTS) is 1. The molecule has 0 aliphatic heterocycles. The Hall–Kier alpha value is -4.05. The van der Waals surface area contributed by atoms with Gasteiger partial charge in [0.25, 0.3) is 0 Å². The fourth-order valence-electron chi connectivity index (χ4n) is 7.99. The number of sulfone groups is 6. The maximum Gasteiger partial charge on any atom is 0.345 e. The minimum Gasteiger partial charge on any atom is -0.477 e. The van der Waals surface area contributed by atoms with E-state index in [1.165, 1.54) is 65.9 Å². The first-order chi connectivity index (χ1) is 43.6. The van der Waals surface area contributed by atoms with E-state index in [4.69, 9.17) is 10.8 Å². The lowest BCUT2D eigenvalue weighted by molar-refractivity contribution is 0.0702. The number of aliphatic hydroxyl groups excluding tert-OH is 1. The normalized spacial score (nSPS) is 12.8. The van der Waals surface area contributed by atoms with E-state index < -0.39 is 86.3 Å². The van der Waals surface area contributed by atoms with Gasteiger partial charge in [-0.25, -0.2) is 55.3 Å². The summed E-state index contributed by atoms with van der Waals surface area (Å²) in [6, 6.07) is 32.8. The van der Waals surface area contributed by atoms with Crippen molar-refractivity contribution in [3.63, 3.8) is 0 Å². The Kier molecular flexibility index (Phi) is 28.8. The topological polar surface area (TPSA) is 288 Å². The highest BCUT2D eigenvalue weighted by Gasteiger charge is 2.31. The Morgan fingerprint density at radius 2 is 0.896 bits per heavy atom. The van der Waals surface area contributed by atoms with Crippen LogP contribution in [0.1, 0.15) is 152 Å². The van der Waals surface area contributed by atoms with Crippen LogP contribution >= 0.6 is 85.7 Å². The van der Waals surface area contributed by atoms with E-state index in [-0.39, 0.29) is 61.8 Å². The van der Waals surface area contributed by atoms with Crippen LogP contribution in [0.3, 0.4) is 0 Å². The number of nitrogens with two attached hydrogens (primary N) is 1. The summed E-state index contributed by atoms with van der Waals surface area (Å²) in [5.74, 6) is -0.956. The Balaban J connectivity index is 0.000000268. The number of halogens is 1. The van der Waals surface area contributed by atoms with E-state index in [0.29, 0.717) is 20.9 Å². The van der Waals surface area contributed by atoms with Crippen LogP contribution < -0.4 is 5.73 Å². The summed E-state index contributed by atoms with van der Waals surface area (Å²) in [4.78, 5) is 13.9. The van der Waals surface area contributed by atoms with Crippen molar-refractivity contribution in [2.75, 3.05) is 12.5 Å². The quantitative estimate of drug-likeness (QED) is 0.0694. The Labute approximate surface area is 603 Å². The molecule has 29 heteroatoms. The number of thiol groups is 1. The second kappa shape index (κ2) is 32.7. The SMILES string of the molecule is CC(C)(C)c1cc(Br)cc(S(C)(=O)=O)c1.CC(C)(C)c1cc(Sc2ccc(C(=O)O)s2)cc(S(C)(=O)=O)c1.CC(C)S(=O)(=O)c1cc(C(C)(C)C)cc(S(=O)(=O)c2ccc(CN)s2)c1.CC(C)S(=O)(=O)c1cc(C(C)(C)C)cc(S(=O)(=O)c2ccc(CO)s2)c1.Sc1cccs1. The molecule has 16 nitrogen and oxygen atoms in total. The van der Waals surface area contributed by atoms with Gasteiger partial charge in [0, 0.05) is 38.2 Å². The molecule has 8 aromatic rings. The zero-order chi connectivity index (χ0) is 73.5. The van der Waals surface area contributed by atoms with E-state index in [9.17, 15) is 60.4 Å². The molecule has 0 aliphatic rings. The van der Waals surface area contributed by atoms with Gasteiger partial charge in [0.1, 0.15) is 13.3 Å². The molecule has 0 atom stereocenters. The van der Waals surface area contributed by atoms with Gasteiger partial charge >= 0.3 is 5.97 Å². The number of carbonyl (C=O) groups is 1. The third kappa shape index (κ3) is 23.5. The molecule has 4 N–H and O–H groups in total. The van der Waals surface area contributed by atoms with Crippen molar-refractivity contribution in [2.24, 2.45) is 5.73 Å². The predicted molar refractivity (Wildman–Crippen MR) is 399 cm³/mol. The van der Waals surface area contributed by atoms with Gasteiger partial charge in [-0.3, -0.25) is 0 Å². The van der Waals surface area contributed by atoms with E-state index in [1.807, 2.05) is 92.0 Å². The van der Waals surface area contributed by atoms with Gasteiger partial charge in [-0.05, 0) is 192 Å². The monoisotopic (exact) mass is 1610 g/mol. The lowest BCUT2D eigenvalue weighted by Crippen LogP contribution is -2.18. The molecule has 4 aromatic carbocycles. The van der Waals surface area contributed by atoms with Gasteiger partial charge in [-0.2, -0.15) is 0 Å². The van der Waals surface area contributed by atoms with Crippen LogP contribution in [0.4, 0.5) is 0 Å². The number of aliphatic hydroxyl groups is 1. The van der Waals surface area contributed by atoms with Crippen molar-refractivity contribution in [2.45, 2.75) is 207 Å². The summed E-state index contributed by atoms with van der Waals surface area (Å²) in [5, 5.41) is 18.9. The molecule has 0 aliphatic carbocycles. The third-order valence-electron chi connectivity index (χ3n) is 14.0. The Bertz CT molecular complexity index is 4580. The molecule has 0 radical (unpaired) electrons. The Morgan fingerprint density at radius 1 is 0.510 bits per heavy atom. The van der Waals surface area contributed by atoms with Crippen molar-refractivity contribution in [3.8, 4) is 0 Å². The lowest BCUT2D eigenvalue weighted by Gasteiger charge is -2.21. The predicted octanol–water partition coefficient (Wildman–Crippen LogP) is 16.6. The number of thiophene rings is 4. The number of aromatic carboxylic acids is 1. The summed E-state index contributed by atoms with van der Waals surface area (Å²) in [7, 11) is -21.4. The zero-order valence-corrected chi connectivity index (χ0v) is 68.3. The maximum atomic E-state index is 13.1. The molecule has 0 fully saturated rings. The zero-order valence-electron chi connectivity index (χ0n) is 56.8. The van der Waals surface area contributed by atoms with Crippen molar-refractivity contribution < 1.29 is 65.5 Å². The molecule has 4 heterocycles. The standard InChI is InChI=1S/C18H25NO4S3.C18H24O5S3.C16H18O4S3.C11H15BrO2S.C4H4S2/c2*1-12(2)25(20,21)15-8-13(18(3,4)5)9-16(10-15)26(22,23)17-7-6-14(11-19)24-17;1-16(2,3)10-7-11(9-12(8-10)23(4,19)20)21-14-6-5-13(22-14)15(17)18;1-11(2,3)8-5-9(12)7-10(6-8)15(4,13)14;5-4-2-1-3-6-4/h6-10,12H,11,19H2,1-5H3;6-10,12,19H,11H2,1-5H3;5-9H,1-4H3,(H,17,18);5-7H,1-4H3;1-3,5H. The smallest absolute Gasteiger partial charge is 0.345 e. The number of rotatable bonds is 15. The third-order valence-corrected chi connectivity index (χ3v) is 30.9. The minimum absolute atomic E-state index is 0.00503. The van der Waals surface area contributed by atoms with E-state index in [0.717, 1.165) is 56.5 Å². The van der Waals surface area contributed by atoms with Crippen LogP contribution in [0, 0.1) is 0 Å². The van der Waals surface area contributed by atoms with Crippen molar-refractivity contribution >= 4 is 151 Å². The molecule has 0 saturated carbocycles. The highest BCUT2D eigenvalue weighted by atomic mass is 79.9. The lowest BCUT2D eigenvalue weighted by atomic mass is 9.87. The largest absolute Gasteiger partial charge is 0.477 e.